The van der Waals surface area contributed by atoms with Crippen molar-refractivity contribution in [2.45, 2.75) is 12.8 Å². The van der Waals surface area contributed by atoms with Gasteiger partial charge in [-0.2, -0.15) is 5.10 Å². The highest BCUT2D eigenvalue weighted by atomic mass is 32.1. The maximum Gasteiger partial charge on any atom is 0.344 e. The lowest BCUT2D eigenvalue weighted by Gasteiger charge is -2.16. The van der Waals surface area contributed by atoms with Crippen molar-refractivity contribution in [2.75, 3.05) is 24.8 Å². The Morgan fingerprint density at radius 2 is 1.79 bits per heavy atom. The third-order valence-electron chi connectivity index (χ3n) is 5.43. The zero-order valence-corrected chi connectivity index (χ0v) is 19.0. The van der Waals surface area contributed by atoms with E-state index >= 15 is 0 Å². The molecule has 7 heteroatoms. The molecule has 166 valence electrons. The van der Waals surface area contributed by atoms with Crippen molar-refractivity contribution in [1.82, 2.24) is 4.98 Å². The van der Waals surface area contributed by atoms with Crippen molar-refractivity contribution >= 4 is 38.4 Å². The first kappa shape index (κ1) is 21.2. The van der Waals surface area contributed by atoms with Gasteiger partial charge >= 0.3 is 5.97 Å². The van der Waals surface area contributed by atoms with Gasteiger partial charge in [0.2, 0.25) is 5.13 Å². The molecule has 1 atom stereocenters. The summed E-state index contributed by atoms with van der Waals surface area (Å²) in [5.41, 5.74) is 3.88. The van der Waals surface area contributed by atoms with Crippen molar-refractivity contribution in [3.8, 4) is 5.75 Å². The van der Waals surface area contributed by atoms with E-state index in [0.29, 0.717) is 18.9 Å². The number of hydrogen-bond acceptors (Lipinski definition) is 7. The van der Waals surface area contributed by atoms with Crippen molar-refractivity contribution in [2.24, 2.45) is 5.10 Å². The molecule has 0 saturated carbocycles. The Hall–Kier alpha value is -3.71. The van der Waals surface area contributed by atoms with E-state index in [1.807, 2.05) is 65.7 Å². The second-order valence-corrected chi connectivity index (χ2v) is 8.59. The van der Waals surface area contributed by atoms with E-state index in [1.54, 1.807) is 18.3 Å². The Labute approximate surface area is 196 Å². The van der Waals surface area contributed by atoms with Gasteiger partial charge in [0.25, 0.3) is 0 Å². The minimum absolute atomic E-state index is 0.0329. The molecule has 33 heavy (non-hydrogen) atoms. The number of rotatable bonds is 7. The average Bonchev–Trinajstić information content (AvgIpc) is 3.48. The summed E-state index contributed by atoms with van der Waals surface area (Å²) >= 11 is 1.63. The molecule has 1 unspecified atom stereocenters. The lowest BCUT2D eigenvalue weighted by atomic mass is 9.90. The van der Waals surface area contributed by atoms with Gasteiger partial charge < -0.3 is 9.47 Å². The Morgan fingerprint density at radius 1 is 1.03 bits per heavy atom. The zero-order valence-electron chi connectivity index (χ0n) is 18.2. The predicted octanol–water partition coefficient (Wildman–Crippen LogP) is 5.25. The van der Waals surface area contributed by atoms with E-state index in [2.05, 4.69) is 18.2 Å². The number of carbonyl (C=O) groups is 1. The highest BCUT2D eigenvalue weighted by molar-refractivity contribution is 7.22. The first-order chi connectivity index (χ1) is 16.2. The fraction of sp³-hybridized carbons (Fsp3) is 0.192. The number of thiazole rings is 1. The lowest BCUT2D eigenvalue weighted by Crippen LogP contribution is -2.19. The highest BCUT2D eigenvalue weighted by Gasteiger charge is 2.32. The standard InChI is InChI=1S/C26H23N3O3S/c1-2-31-24(30)17-32-22-14-8-6-12-19(22)25-20(18-10-4-3-5-11-18)16-29(28-25)26-27-21-13-7-9-15-23(21)33-26/h3-15,20H,2,16-17H2,1H3. The van der Waals surface area contributed by atoms with Gasteiger partial charge in [-0.15, -0.1) is 0 Å². The average molecular weight is 458 g/mol. The number of hydrogen-bond donors (Lipinski definition) is 0. The molecule has 1 aromatic heterocycles. The molecule has 1 aliphatic heterocycles. The molecule has 0 radical (unpaired) electrons. The van der Waals surface area contributed by atoms with E-state index in [1.165, 1.54) is 5.56 Å². The van der Waals surface area contributed by atoms with Crippen LogP contribution in [-0.2, 0) is 9.53 Å². The van der Waals surface area contributed by atoms with Crippen molar-refractivity contribution in [1.29, 1.82) is 0 Å². The summed E-state index contributed by atoms with van der Waals surface area (Å²) in [5, 5.41) is 7.84. The number of fused-ring (bicyclic) bond motifs is 1. The number of aromatic nitrogens is 1. The molecule has 1 aliphatic rings. The Bertz CT molecular complexity index is 1270. The molecule has 0 bridgehead atoms. The minimum atomic E-state index is -0.392. The van der Waals surface area contributed by atoms with Gasteiger partial charge in [0, 0.05) is 11.5 Å². The predicted molar refractivity (Wildman–Crippen MR) is 131 cm³/mol. The molecule has 0 N–H and O–H groups in total. The molecule has 6 nitrogen and oxygen atoms in total. The van der Waals surface area contributed by atoms with Crippen molar-refractivity contribution < 1.29 is 14.3 Å². The number of carbonyl (C=O) groups excluding carboxylic acids is 1. The minimum Gasteiger partial charge on any atom is -0.481 e. The molecule has 2 heterocycles. The number of hydrazone groups is 1. The van der Waals surface area contributed by atoms with Gasteiger partial charge in [0.05, 0.1) is 29.1 Å². The maximum atomic E-state index is 11.9. The van der Waals surface area contributed by atoms with Gasteiger partial charge in [0.15, 0.2) is 6.61 Å². The van der Waals surface area contributed by atoms with Gasteiger partial charge in [-0.05, 0) is 36.8 Å². The molecule has 3 aromatic carbocycles. The summed E-state index contributed by atoms with van der Waals surface area (Å²) in [6, 6.07) is 26.1. The first-order valence-electron chi connectivity index (χ1n) is 10.9. The maximum absolute atomic E-state index is 11.9. The SMILES string of the molecule is CCOC(=O)COc1ccccc1C1=NN(c2nc3ccccc3s2)CC1c1ccccc1. The van der Waals surface area contributed by atoms with E-state index in [9.17, 15) is 4.79 Å². The van der Waals surface area contributed by atoms with Crippen LogP contribution in [-0.4, -0.2) is 36.4 Å². The molecule has 5 rings (SSSR count). The second-order valence-electron chi connectivity index (χ2n) is 7.58. The van der Waals surface area contributed by atoms with Crippen molar-refractivity contribution in [3.63, 3.8) is 0 Å². The van der Waals surface area contributed by atoms with E-state index < -0.39 is 5.97 Å². The van der Waals surface area contributed by atoms with Gasteiger partial charge in [-0.3, -0.25) is 0 Å². The lowest BCUT2D eigenvalue weighted by molar-refractivity contribution is -0.145. The normalized spacial score (nSPS) is 15.5. The topological polar surface area (TPSA) is 64.0 Å². The van der Waals surface area contributed by atoms with E-state index in [0.717, 1.165) is 26.6 Å². The number of para-hydroxylation sites is 2. The van der Waals surface area contributed by atoms with Crippen LogP contribution in [0.3, 0.4) is 0 Å². The van der Waals surface area contributed by atoms with Crippen LogP contribution in [0.1, 0.15) is 24.0 Å². The number of ether oxygens (including phenoxy) is 2. The van der Waals surface area contributed by atoms with Crippen LogP contribution in [0.15, 0.2) is 84.0 Å². The smallest absolute Gasteiger partial charge is 0.344 e. The molecular formula is C26H23N3O3S. The molecule has 0 amide bonds. The van der Waals surface area contributed by atoms with Crippen LogP contribution < -0.4 is 9.75 Å². The Balaban J connectivity index is 1.52. The number of esters is 1. The van der Waals surface area contributed by atoms with E-state index in [4.69, 9.17) is 19.6 Å². The van der Waals surface area contributed by atoms with Crippen LogP contribution in [0.5, 0.6) is 5.75 Å². The molecule has 0 fully saturated rings. The van der Waals surface area contributed by atoms with Gasteiger partial charge in [-0.25, -0.2) is 14.8 Å². The molecule has 0 aliphatic carbocycles. The largest absolute Gasteiger partial charge is 0.481 e. The van der Waals surface area contributed by atoms with Crippen LogP contribution in [0.4, 0.5) is 5.13 Å². The van der Waals surface area contributed by atoms with Gasteiger partial charge in [-0.1, -0.05) is 65.9 Å². The molecule has 0 spiro atoms. The summed E-state index contributed by atoms with van der Waals surface area (Å²) in [7, 11) is 0. The fourth-order valence-electron chi connectivity index (χ4n) is 3.92. The third kappa shape index (κ3) is 4.45. The Morgan fingerprint density at radius 3 is 2.61 bits per heavy atom. The summed E-state index contributed by atoms with van der Waals surface area (Å²) in [6.45, 7) is 2.63. The third-order valence-corrected chi connectivity index (χ3v) is 6.48. The van der Waals surface area contributed by atoms with Crippen LogP contribution in [0.25, 0.3) is 10.2 Å². The van der Waals surface area contributed by atoms with Crippen molar-refractivity contribution in [3.05, 3.63) is 90.0 Å². The number of benzene rings is 3. The van der Waals surface area contributed by atoms with Gasteiger partial charge in [0.1, 0.15) is 5.75 Å². The summed E-state index contributed by atoms with van der Waals surface area (Å²) in [4.78, 5) is 16.7. The van der Waals surface area contributed by atoms with Crippen LogP contribution in [0, 0.1) is 0 Å². The molecule has 0 saturated heterocycles. The zero-order chi connectivity index (χ0) is 22.6. The summed E-state index contributed by atoms with van der Waals surface area (Å²) < 4.78 is 12.0. The highest BCUT2D eigenvalue weighted by Crippen LogP contribution is 2.37. The molecular weight excluding hydrogens is 434 g/mol. The monoisotopic (exact) mass is 457 g/mol. The number of nitrogens with zero attached hydrogens (tertiary/aromatic N) is 3. The van der Waals surface area contributed by atoms with Crippen LogP contribution >= 0.6 is 11.3 Å². The summed E-state index contributed by atoms with van der Waals surface area (Å²) in [5.74, 6) is 0.248. The first-order valence-corrected chi connectivity index (χ1v) is 11.7. The van der Waals surface area contributed by atoms with Crippen LogP contribution in [0.2, 0.25) is 0 Å². The quantitative estimate of drug-likeness (QED) is 0.355. The summed E-state index contributed by atoms with van der Waals surface area (Å²) in [6.07, 6.45) is 0. The second kappa shape index (κ2) is 9.42. The number of anilines is 1. The fourth-order valence-corrected chi connectivity index (χ4v) is 4.85. The molecule has 4 aromatic rings. The van der Waals surface area contributed by atoms with E-state index in [-0.39, 0.29) is 12.5 Å². The Kier molecular flexibility index (Phi) is 6.04.